The van der Waals surface area contributed by atoms with E-state index in [-0.39, 0.29) is 21.7 Å². The molecule has 7 heteroatoms. The van der Waals surface area contributed by atoms with Gasteiger partial charge in [0.25, 0.3) is 5.56 Å². The van der Waals surface area contributed by atoms with Crippen molar-refractivity contribution in [3.05, 3.63) is 67.1 Å². The zero-order chi connectivity index (χ0) is 16.4. The molecule has 3 rings (SSSR count). The Morgan fingerprint density at radius 3 is 2.70 bits per heavy atom. The number of H-pyrrole nitrogens is 1. The van der Waals surface area contributed by atoms with Gasteiger partial charge in [0.1, 0.15) is 10.5 Å². The third kappa shape index (κ3) is 2.88. The lowest BCUT2D eigenvalue weighted by atomic mass is 10.1. The van der Waals surface area contributed by atoms with Gasteiger partial charge in [-0.3, -0.25) is 14.9 Å². The molecule has 2 heterocycles. The van der Waals surface area contributed by atoms with Gasteiger partial charge in [0, 0.05) is 5.56 Å². The van der Waals surface area contributed by atoms with Crippen molar-refractivity contribution in [2.24, 2.45) is 0 Å². The first kappa shape index (κ1) is 14.7. The van der Waals surface area contributed by atoms with Crippen molar-refractivity contribution in [3.8, 4) is 12.3 Å². The number of aromatic nitrogens is 2. The third-order valence-electron chi connectivity index (χ3n) is 3.13. The molecule has 0 atom stereocenters. The molecule has 1 aromatic carbocycles. The summed E-state index contributed by atoms with van der Waals surface area (Å²) < 4.78 is 0.243. The van der Waals surface area contributed by atoms with Crippen LogP contribution in [0.2, 0.25) is 0 Å². The van der Waals surface area contributed by atoms with Gasteiger partial charge < -0.3 is 4.98 Å². The molecule has 0 aliphatic heterocycles. The van der Waals surface area contributed by atoms with E-state index in [1.807, 2.05) is 12.1 Å². The van der Waals surface area contributed by atoms with E-state index in [9.17, 15) is 14.9 Å². The first-order chi connectivity index (χ1) is 11.1. The minimum Gasteiger partial charge on any atom is -0.306 e. The summed E-state index contributed by atoms with van der Waals surface area (Å²) >= 11 is 1.01. The standard InChI is InChI=1S/C16H9N3O3S/c1-2-10-3-5-11(6-4-10)7-8-13-17-14-12(19(21)22)9-23-15(14)16(20)18-13/h1,3-9H,(H,17,18,20)/b8-7+. The van der Waals surface area contributed by atoms with Crippen molar-refractivity contribution in [3.63, 3.8) is 0 Å². The van der Waals surface area contributed by atoms with Crippen LogP contribution in [0.1, 0.15) is 17.0 Å². The molecule has 0 amide bonds. The molecule has 23 heavy (non-hydrogen) atoms. The van der Waals surface area contributed by atoms with Crippen LogP contribution in [0.15, 0.2) is 34.4 Å². The van der Waals surface area contributed by atoms with Crippen LogP contribution in [-0.4, -0.2) is 14.9 Å². The van der Waals surface area contributed by atoms with Crippen LogP contribution in [0, 0.1) is 22.5 Å². The van der Waals surface area contributed by atoms with E-state index in [1.165, 1.54) is 5.38 Å². The quantitative estimate of drug-likeness (QED) is 0.456. The van der Waals surface area contributed by atoms with Gasteiger partial charge in [-0.1, -0.05) is 24.1 Å². The van der Waals surface area contributed by atoms with Gasteiger partial charge in [-0.15, -0.1) is 17.8 Å². The molecule has 0 fully saturated rings. The minimum atomic E-state index is -0.544. The number of hydrogen-bond acceptors (Lipinski definition) is 5. The first-order valence-corrected chi connectivity index (χ1v) is 7.37. The van der Waals surface area contributed by atoms with Gasteiger partial charge in [-0.2, -0.15) is 0 Å². The Balaban J connectivity index is 2.01. The Hall–Kier alpha value is -3.24. The van der Waals surface area contributed by atoms with Crippen molar-refractivity contribution in [1.82, 2.24) is 9.97 Å². The molecule has 0 spiro atoms. The maximum Gasteiger partial charge on any atom is 0.306 e. The smallest absolute Gasteiger partial charge is 0.306 e. The van der Waals surface area contributed by atoms with E-state index < -0.39 is 10.5 Å². The van der Waals surface area contributed by atoms with Crippen LogP contribution >= 0.6 is 11.3 Å². The lowest BCUT2D eigenvalue weighted by Crippen LogP contribution is -2.08. The molecule has 0 bridgehead atoms. The van der Waals surface area contributed by atoms with Gasteiger partial charge in [-0.05, 0) is 23.8 Å². The Labute approximate surface area is 134 Å². The third-order valence-corrected chi connectivity index (χ3v) is 4.09. The number of nitrogens with zero attached hydrogens (tertiary/aromatic N) is 2. The zero-order valence-electron chi connectivity index (χ0n) is 11.6. The summed E-state index contributed by atoms with van der Waals surface area (Å²) in [5.74, 6) is 2.78. The summed E-state index contributed by atoms with van der Waals surface area (Å²) in [6, 6.07) is 7.25. The lowest BCUT2D eigenvalue weighted by molar-refractivity contribution is -0.382. The van der Waals surface area contributed by atoms with Gasteiger partial charge in [0.15, 0.2) is 5.52 Å². The van der Waals surface area contributed by atoms with Gasteiger partial charge >= 0.3 is 5.69 Å². The topological polar surface area (TPSA) is 88.9 Å². The average molecular weight is 323 g/mol. The van der Waals surface area contributed by atoms with Crippen molar-refractivity contribution in [2.75, 3.05) is 0 Å². The molecular formula is C16H9N3O3S. The second-order valence-electron chi connectivity index (χ2n) is 4.61. The Morgan fingerprint density at radius 1 is 1.30 bits per heavy atom. The molecule has 3 aromatic rings. The molecule has 0 aliphatic carbocycles. The van der Waals surface area contributed by atoms with Crippen LogP contribution in [0.4, 0.5) is 5.69 Å². The summed E-state index contributed by atoms with van der Waals surface area (Å²) in [5.41, 5.74) is 1.18. The minimum absolute atomic E-state index is 0.103. The zero-order valence-corrected chi connectivity index (χ0v) is 12.5. The largest absolute Gasteiger partial charge is 0.306 e. The average Bonchev–Trinajstić information content (AvgIpc) is 2.98. The van der Waals surface area contributed by atoms with Crippen LogP contribution in [-0.2, 0) is 0 Å². The number of thiophene rings is 1. The van der Waals surface area contributed by atoms with Crippen LogP contribution in [0.5, 0.6) is 0 Å². The van der Waals surface area contributed by atoms with E-state index in [0.717, 1.165) is 22.5 Å². The Kier molecular flexibility index (Phi) is 3.75. The van der Waals surface area contributed by atoms with Crippen molar-refractivity contribution in [2.45, 2.75) is 0 Å². The number of rotatable bonds is 3. The van der Waals surface area contributed by atoms with Crippen LogP contribution in [0.25, 0.3) is 22.4 Å². The Morgan fingerprint density at radius 2 is 2.04 bits per heavy atom. The number of terminal acetylenes is 1. The lowest BCUT2D eigenvalue weighted by Gasteiger charge is -1.96. The van der Waals surface area contributed by atoms with Crippen molar-refractivity contribution < 1.29 is 4.92 Å². The number of nitrogens with one attached hydrogen (secondary N) is 1. The van der Waals surface area contributed by atoms with Gasteiger partial charge in [0.2, 0.25) is 0 Å². The summed E-state index contributed by atoms with van der Waals surface area (Å²) in [6.07, 6.45) is 8.62. The molecule has 0 radical (unpaired) electrons. The molecular weight excluding hydrogens is 314 g/mol. The predicted octanol–water partition coefficient (Wildman–Crippen LogP) is 3.04. The second kappa shape index (κ2) is 5.87. The van der Waals surface area contributed by atoms with E-state index in [1.54, 1.807) is 24.3 Å². The number of benzene rings is 1. The van der Waals surface area contributed by atoms with Gasteiger partial charge in [0.05, 0.1) is 10.3 Å². The summed E-state index contributed by atoms with van der Waals surface area (Å²) in [5, 5.41) is 12.3. The summed E-state index contributed by atoms with van der Waals surface area (Å²) in [4.78, 5) is 29.1. The SMILES string of the molecule is C#Cc1ccc(/C=C/c2nc3c([N+](=O)[O-])csc3c(=O)[nH]2)cc1. The monoisotopic (exact) mass is 323 g/mol. The molecule has 0 saturated carbocycles. The molecule has 1 N–H and O–H groups in total. The second-order valence-corrected chi connectivity index (χ2v) is 5.49. The van der Waals surface area contributed by atoms with Crippen LogP contribution in [0.3, 0.4) is 0 Å². The fourth-order valence-corrected chi connectivity index (χ4v) is 2.85. The first-order valence-electron chi connectivity index (χ1n) is 6.49. The molecule has 112 valence electrons. The highest BCUT2D eigenvalue weighted by Crippen LogP contribution is 2.27. The van der Waals surface area contributed by atoms with E-state index >= 15 is 0 Å². The molecule has 0 aliphatic rings. The normalized spacial score (nSPS) is 10.9. The number of fused-ring (bicyclic) bond motifs is 1. The molecule has 2 aromatic heterocycles. The highest BCUT2D eigenvalue weighted by molar-refractivity contribution is 7.17. The summed E-state index contributed by atoms with van der Waals surface area (Å²) in [6.45, 7) is 0. The van der Waals surface area contributed by atoms with Crippen molar-refractivity contribution in [1.29, 1.82) is 0 Å². The number of hydrogen-bond donors (Lipinski definition) is 1. The van der Waals surface area contributed by atoms with Gasteiger partial charge in [-0.25, -0.2) is 4.98 Å². The Bertz CT molecular complexity index is 1020. The van der Waals surface area contributed by atoms with Crippen LogP contribution < -0.4 is 5.56 Å². The number of nitro groups is 1. The molecule has 0 saturated heterocycles. The predicted molar refractivity (Wildman–Crippen MR) is 90.2 cm³/mol. The maximum absolute atomic E-state index is 12.0. The van der Waals surface area contributed by atoms with E-state index in [2.05, 4.69) is 15.9 Å². The number of aromatic amines is 1. The van der Waals surface area contributed by atoms with E-state index in [4.69, 9.17) is 6.42 Å². The van der Waals surface area contributed by atoms with E-state index in [0.29, 0.717) is 0 Å². The molecule has 0 unspecified atom stereocenters. The summed E-state index contributed by atoms with van der Waals surface area (Å²) in [7, 11) is 0. The highest BCUT2D eigenvalue weighted by Gasteiger charge is 2.18. The highest BCUT2D eigenvalue weighted by atomic mass is 32.1. The van der Waals surface area contributed by atoms with Crippen molar-refractivity contribution >= 4 is 39.4 Å². The maximum atomic E-state index is 12.0. The molecule has 6 nitrogen and oxygen atoms in total. The fourth-order valence-electron chi connectivity index (χ4n) is 2.01. The fraction of sp³-hybridized carbons (Fsp3) is 0.